The summed E-state index contributed by atoms with van der Waals surface area (Å²) in [6.45, 7) is 0.0861. The standard InChI is InChI=1S/C22H23N5O3/c1-27(13-20(29)24-17-7-3-4-9-19(17)28)22-15-6-5-8-16(15)25-21(26-22)18-12-14(30-2)10-11-23-18/h3-4,7,9-12,28H,5-6,8,13H2,1-2H3,(H,24,29). The first kappa shape index (κ1) is 19.6. The summed E-state index contributed by atoms with van der Waals surface area (Å²) in [6, 6.07) is 10.2. The molecule has 0 saturated heterocycles. The highest BCUT2D eigenvalue weighted by atomic mass is 16.5. The molecule has 0 unspecified atom stereocenters. The minimum atomic E-state index is -0.245. The van der Waals surface area contributed by atoms with Gasteiger partial charge < -0.3 is 20.1 Å². The smallest absolute Gasteiger partial charge is 0.244 e. The molecule has 8 nitrogen and oxygen atoms in total. The normalized spacial score (nSPS) is 12.3. The minimum Gasteiger partial charge on any atom is -0.506 e. The van der Waals surface area contributed by atoms with Crippen LogP contribution in [0.3, 0.4) is 0 Å². The predicted octanol–water partition coefficient (Wildman–Crippen LogP) is 2.82. The number of phenolic OH excluding ortho intramolecular Hbond substituents is 1. The molecule has 30 heavy (non-hydrogen) atoms. The molecule has 4 rings (SSSR count). The van der Waals surface area contributed by atoms with Crippen molar-refractivity contribution in [3.8, 4) is 23.0 Å². The van der Waals surface area contributed by atoms with Gasteiger partial charge in [-0.2, -0.15) is 0 Å². The number of anilines is 2. The molecular weight excluding hydrogens is 382 g/mol. The first-order valence-electron chi connectivity index (χ1n) is 9.74. The Balaban J connectivity index is 1.60. The van der Waals surface area contributed by atoms with E-state index < -0.39 is 0 Å². The van der Waals surface area contributed by atoms with E-state index in [1.165, 1.54) is 6.07 Å². The van der Waals surface area contributed by atoms with Crippen molar-refractivity contribution < 1.29 is 14.6 Å². The zero-order chi connectivity index (χ0) is 21.1. The summed E-state index contributed by atoms with van der Waals surface area (Å²) in [4.78, 5) is 28.2. The summed E-state index contributed by atoms with van der Waals surface area (Å²) < 4.78 is 5.29. The van der Waals surface area contributed by atoms with E-state index in [9.17, 15) is 9.90 Å². The number of aromatic hydroxyl groups is 1. The third-order valence-corrected chi connectivity index (χ3v) is 5.03. The Morgan fingerprint density at radius 2 is 2.07 bits per heavy atom. The topological polar surface area (TPSA) is 100 Å². The van der Waals surface area contributed by atoms with Crippen molar-refractivity contribution in [3.63, 3.8) is 0 Å². The molecule has 0 saturated carbocycles. The lowest BCUT2D eigenvalue weighted by atomic mass is 10.2. The number of fused-ring (bicyclic) bond motifs is 1. The Hall–Kier alpha value is -3.68. The van der Waals surface area contributed by atoms with Gasteiger partial charge in [-0.25, -0.2) is 9.97 Å². The van der Waals surface area contributed by atoms with Crippen LogP contribution in [0.5, 0.6) is 11.5 Å². The van der Waals surface area contributed by atoms with Crippen molar-refractivity contribution in [2.45, 2.75) is 19.3 Å². The quantitative estimate of drug-likeness (QED) is 0.608. The maximum Gasteiger partial charge on any atom is 0.244 e. The number of amides is 1. The number of hydrogen-bond acceptors (Lipinski definition) is 7. The molecule has 2 aromatic heterocycles. The monoisotopic (exact) mass is 405 g/mol. The van der Waals surface area contributed by atoms with Crippen molar-refractivity contribution in [2.75, 3.05) is 30.9 Å². The second-order valence-electron chi connectivity index (χ2n) is 7.15. The van der Waals surface area contributed by atoms with E-state index in [0.29, 0.717) is 23.0 Å². The largest absolute Gasteiger partial charge is 0.506 e. The molecule has 0 atom stereocenters. The maximum atomic E-state index is 12.6. The summed E-state index contributed by atoms with van der Waals surface area (Å²) in [5.41, 5.74) is 3.06. The molecule has 1 amide bonds. The number of rotatable bonds is 6. The van der Waals surface area contributed by atoms with Gasteiger partial charge in [0.25, 0.3) is 0 Å². The molecule has 0 bridgehead atoms. The van der Waals surface area contributed by atoms with Crippen molar-refractivity contribution in [3.05, 3.63) is 53.9 Å². The van der Waals surface area contributed by atoms with Crippen LogP contribution in [0.25, 0.3) is 11.5 Å². The maximum absolute atomic E-state index is 12.6. The van der Waals surface area contributed by atoms with Crippen LogP contribution >= 0.6 is 0 Å². The molecular formula is C22H23N5O3. The number of methoxy groups -OCH3 is 1. The zero-order valence-corrected chi connectivity index (χ0v) is 16.9. The molecule has 2 N–H and O–H groups in total. The number of aromatic nitrogens is 3. The van der Waals surface area contributed by atoms with Crippen LogP contribution in [0.15, 0.2) is 42.6 Å². The molecule has 0 fully saturated rings. The number of hydrogen-bond donors (Lipinski definition) is 2. The van der Waals surface area contributed by atoms with E-state index in [-0.39, 0.29) is 18.2 Å². The fourth-order valence-corrected chi connectivity index (χ4v) is 3.56. The number of carbonyl (C=O) groups excluding carboxylic acids is 1. The van der Waals surface area contributed by atoms with Gasteiger partial charge in [-0.05, 0) is 37.5 Å². The molecule has 8 heteroatoms. The van der Waals surface area contributed by atoms with Crippen molar-refractivity contribution in [1.82, 2.24) is 15.0 Å². The number of benzene rings is 1. The average Bonchev–Trinajstić information content (AvgIpc) is 3.23. The van der Waals surface area contributed by atoms with Crippen molar-refractivity contribution in [1.29, 1.82) is 0 Å². The highest BCUT2D eigenvalue weighted by Crippen LogP contribution is 2.31. The Morgan fingerprint density at radius 1 is 1.23 bits per heavy atom. The Kier molecular flexibility index (Phi) is 5.47. The number of aryl methyl sites for hydroxylation is 1. The van der Waals surface area contributed by atoms with Gasteiger partial charge in [-0.3, -0.25) is 9.78 Å². The average molecular weight is 405 g/mol. The van der Waals surface area contributed by atoms with E-state index in [1.807, 2.05) is 11.9 Å². The first-order valence-corrected chi connectivity index (χ1v) is 9.74. The molecule has 1 aliphatic carbocycles. The van der Waals surface area contributed by atoms with Crippen LogP contribution in [0.4, 0.5) is 11.5 Å². The van der Waals surface area contributed by atoms with Crippen LogP contribution in [0.2, 0.25) is 0 Å². The molecule has 1 aliphatic rings. The second kappa shape index (κ2) is 8.36. The third kappa shape index (κ3) is 4.03. The number of para-hydroxylation sites is 2. The Morgan fingerprint density at radius 3 is 2.87 bits per heavy atom. The number of pyridine rings is 1. The van der Waals surface area contributed by atoms with Gasteiger partial charge in [0.15, 0.2) is 5.82 Å². The zero-order valence-electron chi connectivity index (χ0n) is 16.9. The summed E-state index contributed by atoms with van der Waals surface area (Å²) in [5.74, 6) is 1.70. The van der Waals surface area contributed by atoms with E-state index >= 15 is 0 Å². The van der Waals surface area contributed by atoms with E-state index in [2.05, 4.69) is 10.3 Å². The minimum absolute atomic E-state index is 0.0304. The predicted molar refractivity (Wildman–Crippen MR) is 114 cm³/mol. The van der Waals surface area contributed by atoms with Crippen LogP contribution in [0.1, 0.15) is 17.7 Å². The summed E-state index contributed by atoms with van der Waals surface area (Å²) in [6.07, 6.45) is 4.42. The Bertz CT molecular complexity index is 1090. The van der Waals surface area contributed by atoms with Crippen LogP contribution in [-0.2, 0) is 17.6 Å². The highest BCUT2D eigenvalue weighted by molar-refractivity contribution is 5.95. The van der Waals surface area contributed by atoms with Crippen molar-refractivity contribution in [2.24, 2.45) is 0 Å². The van der Waals surface area contributed by atoms with E-state index in [0.717, 1.165) is 36.3 Å². The molecule has 154 valence electrons. The van der Waals surface area contributed by atoms with Gasteiger partial charge in [0.05, 0.1) is 19.3 Å². The lowest BCUT2D eigenvalue weighted by molar-refractivity contribution is -0.114. The number of carbonyl (C=O) groups is 1. The fraction of sp³-hybridized carbons (Fsp3) is 0.273. The van der Waals surface area contributed by atoms with Gasteiger partial charge in [-0.15, -0.1) is 0 Å². The van der Waals surface area contributed by atoms with Crippen molar-refractivity contribution >= 4 is 17.4 Å². The lowest BCUT2D eigenvalue weighted by Crippen LogP contribution is -2.31. The molecule has 1 aromatic carbocycles. The summed E-state index contributed by atoms with van der Waals surface area (Å²) in [7, 11) is 3.43. The number of nitrogens with zero attached hydrogens (tertiary/aromatic N) is 4. The first-order chi connectivity index (χ1) is 14.5. The van der Waals surface area contributed by atoms with Gasteiger partial charge in [0.1, 0.15) is 23.0 Å². The second-order valence-corrected chi connectivity index (χ2v) is 7.15. The number of nitrogens with one attached hydrogen (secondary N) is 1. The molecule has 0 radical (unpaired) electrons. The molecule has 3 aromatic rings. The van der Waals surface area contributed by atoms with Gasteiger partial charge in [0.2, 0.25) is 5.91 Å². The van der Waals surface area contributed by atoms with Crippen LogP contribution in [-0.4, -0.2) is 46.7 Å². The van der Waals surface area contributed by atoms with Gasteiger partial charge in [0, 0.05) is 30.6 Å². The highest BCUT2D eigenvalue weighted by Gasteiger charge is 2.23. The molecule has 0 aliphatic heterocycles. The summed E-state index contributed by atoms with van der Waals surface area (Å²) >= 11 is 0. The lowest BCUT2D eigenvalue weighted by Gasteiger charge is -2.21. The van der Waals surface area contributed by atoms with Gasteiger partial charge in [-0.1, -0.05) is 12.1 Å². The van der Waals surface area contributed by atoms with E-state index in [1.54, 1.807) is 43.6 Å². The van der Waals surface area contributed by atoms with Crippen LogP contribution < -0.4 is 15.0 Å². The van der Waals surface area contributed by atoms with Crippen LogP contribution in [0, 0.1) is 0 Å². The Labute approximate surface area is 174 Å². The number of phenols is 1. The number of likely N-dealkylation sites (N-methyl/N-ethyl adjacent to an activating group) is 1. The third-order valence-electron chi connectivity index (χ3n) is 5.03. The molecule has 2 heterocycles. The van der Waals surface area contributed by atoms with Gasteiger partial charge >= 0.3 is 0 Å². The number of ether oxygens (including phenoxy) is 1. The summed E-state index contributed by atoms with van der Waals surface area (Å²) in [5, 5.41) is 12.6. The molecule has 0 spiro atoms. The SMILES string of the molecule is COc1ccnc(-c2nc3c(c(N(C)CC(=O)Nc4ccccc4O)n2)CCC3)c1. The fourth-order valence-electron chi connectivity index (χ4n) is 3.56. The van der Waals surface area contributed by atoms with E-state index in [4.69, 9.17) is 14.7 Å².